The highest BCUT2D eigenvalue weighted by atomic mass is 79.9. The summed E-state index contributed by atoms with van der Waals surface area (Å²) in [7, 11) is 0. The Morgan fingerprint density at radius 1 is 1.38 bits per heavy atom. The first-order valence-electron chi connectivity index (χ1n) is 6.58. The molecule has 0 aliphatic carbocycles. The monoisotopic (exact) mass is 348 g/mol. The second-order valence-electron chi connectivity index (χ2n) is 4.48. The molecule has 0 saturated heterocycles. The minimum Gasteiger partial charge on any atom is -0.409 e. The van der Waals surface area contributed by atoms with Crippen molar-refractivity contribution in [3.63, 3.8) is 0 Å². The van der Waals surface area contributed by atoms with Gasteiger partial charge in [-0.25, -0.2) is 0 Å². The number of pyridine rings is 1. The van der Waals surface area contributed by atoms with Gasteiger partial charge in [0, 0.05) is 28.5 Å². The van der Waals surface area contributed by atoms with Gasteiger partial charge in [-0.3, -0.25) is 4.98 Å². The summed E-state index contributed by atoms with van der Waals surface area (Å²) in [4.78, 5) is 6.55. The van der Waals surface area contributed by atoms with E-state index in [1.54, 1.807) is 6.20 Å². The zero-order valence-electron chi connectivity index (χ0n) is 11.7. The molecule has 0 atom stereocenters. The summed E-state index contributed by atoms with van der Waals surface area (Å²) >= 11 is 3.46. The van der Waals surface area contributed by atoms with Crippen molar-refractivity contribution in [2.45, 2.75) is 13.5 Å². The minimum absolute atomic E-state index is 0.0844. The van der Waals surface area contributed by atoms with Gasteiger partial charge < -0.3 is 15.8 Å². The highest BCUT2D eigenvalue weighted by Crippen LogP contribution is 2.25. The Morgan fingerprint density at radius 2 is 2.19 bits per heavy atom. The molecule has 1 aromatic heterocycles. The third-order valence-electron chi connectivity index (χ3n) is 3.16. The summed E-state index contributed by atoms with van der Waals surface area (Å²) in [5.41, 5.74) is 8.34. The summed E-state index contributed by atoms with van der Waals surface area (Å²) in [5, 5.41) is 11.8. The van der Waals surface area contributed by atoms with Crippen LogP contribution in [0.1, 0.15) is 18.2 Å². The van der Waals surface area contributed by atoms with E-state index < -0.39 is 0 Å². The highest BCUT2D eigenvalue weighted by Gasteiger charge is 2.10. The van der Waals surface area contributed by atoms with E-state index in [-0.39, 0.29) is 5.84 Å². The number of aromatic nitrogens is 1. The van der Waals surface area contributed by atoms with E-state index in [0.29, 0.717) is 5.56 Å². The van der Waals surface area contributed by atoms with Crippen LogP contribution in [0.5, 0.6) is 0 Å². The van der Waals surface area contributed by atoms with Gasteiger partial charge in [-0.05, 0) is 53.2 Å². The summed E-state index contributed by atoms with van der Waals surface area (Å²) in [6, 6.07) is 11.6. The van der Waals surface area contributed by atoms with E-state index >= 15 is 0 Å². The third kappa shape index (κ3) is 3.72. The second-order valence-corrected chi connectivity index (χ2v) is 5.34. The topological polar surface area (TPSA) is 74.7 Å². The number of nitrogens with two attached hydrogens (primary N) is 1. The predicted molar refractivity (Wildman–Crippen MR) is 87.6 cm³/mol. The maximum atomic E-state index is 8.76. The third-order valence-corrected chi connectivity index (χ3v) is 3.82. The number of benzene rings is 1. The van der Waals surface area contributed by atoms with Crippen molar-refractivity contribution >= 4 is 27.5 Å². The fourth-order valence-corrected chi connectivity index (χ4v) is 2.61. The molecular weight excluding hydrogens is 332 g/mol. The van der Waals surface area contributed by atoms with Crippen molar-refractivity contribution in [2.75, 3.05) is 11.4 Å². The van der Waals surface area contributed by atoms with Crippen LogP contribution in [0.25, 0.3) is 0 Å². The van der Waals surface area contributed by atoms with Crippen molar-refractivity contribution < 1.29 is 5.21 Å². The first kappa shape index (κ1) is 15.3. The Morgan fingerprint density at radius 3 is 2.76 bits per heavy atom. The summed E-state index contributed by atoms with van der Waals surface area (Å²) < 4.78 is 0.787. The van der Waals surface area contributed by atoms with Gasteiger partial charge >= 0.3 is 0 Å². The molecule has 0 spiro atoms. The fraction of sp³-hybridized carbons (Fsp3) is 0.200. The van der Waals surface area contributed by atoms with Crippen LogP contribution >= 0.6 is 15.9 Å². The molecule has 0 radical (unpaired) electrons. The van der Waals surface area contributed by atoms with E-state index in [1.165, 1.54) is 0 Å². The van der Waals surface area contributed by atoms with Gasteiger partial charge in [-0.2, -0.15) is 0 Å². The van der Waals surface area contributed by atoms with Crippen molar-refractivity contribution in [3.8, 4) is 0 Å². The molecule has 0 bridgehead atoms. The summed E-state index contributed by atoms with van der Waals surface area (Å²) in [6.07, 6.45) is 1.79. The van der Waals surface area contributed by atoms with Crippen LogP contribution in [0, 0.1) is 0 Å². The smallest absolute Gasteiger partial charge is 0.171 e. The van der Waals surface area contributed by atoms with Crippen molar-refractivity contribution in [1.82, 2.24) is 4.98 Å². The molecule has 0 amide bonds. The zero-order chi connectivity index (χ0) is 15.2. The number of rotatable bonds is 5. The fourth-order valence-electron chi connectivity index (χ4n) is 2.04. The molecule has 0 aliphatic rings. The predicted octanol–water partition coefficient (Wildman–Crippen LogP) is 2.97. The van der Waals surface area contributed by atoms with Crippen LogP contribution in [0.3, 0.4) is 0 Å². The number of hydrogen-bond acceptors (Lipinski definition) is 4. The van der Waals surface area contributed by atoms with Gasteiger partial charge in [0.25, 0.3) is 0 Å². The molecule has 2 aromatic rings. The number of hydrogen-bond donors (Lipinski definition) is 2. The number of anilines is 1. The van der Waals surface area contributed by atoms with Crippen LogP contribution in [-0.2, 0) is 6.54 Å². The minimum atomic E-state index is 0.0844. The molecule has 110 valence electrons. The van der Waals surface area contributed by atoms with Gasteiger partial charge in [-0.15, -0.1) is 0 Å². The quantitative estimate of drug-likeness (QED) is 0.377. The summed E-state index contributed by atoms with van der Waals surface area (Å²) in [6.45, 7) is 3.67. The standard InChI is InChI=1S/C15H17BrN4O/c1-2-20(10-11-5-3-4-8-18-11)12-6-7-13(14(16)9-12)15(17)19-21/h3-9,21H,2,10H2,1H3,(H2,17,19). The molecular formula is C15H17BrN4O. The van der Waals surface area contributed by atoms with Gasteiger partial charge in [0.15, 0.2) is 5.84 Å². The maximum absolute atomic E-state index is 8.76. The zero-order valence-corrected chi connectivity index (χ0v) is 13.3. The average molecular weight is 349 g/mol. The average Bonchev–Trinajstić information content (AvgIpc) is 2.52. The first-order chi connectivity index (χ1) is 10.2. The van der Waals surface area contributed by atoms with E-state index in [9.17, 15) is 0 Å². The Kier molecular flexibility index (Phi) is 5.16. The molecule has 21 heavy (non-hydrogen) atoms. The van der Waals surface area contributed by atoms with Crippen LogP contribution in [0.2, 0.25) is 0 Å². The molecule has 0 unspecified atom stereocenters. The lowest BCUT2D eigenvalue weighted by Gasteiger charge is -2.23. The molecule has 0 aliphatic heterocycles. The van der Waals surface area contributed by atoms with E-state index in [1.807, 2.05) is 36.4 Å². The largest absolute Gasteiger partial charge is 0.409 e. The van der Waals surface area contributed by atoms with Crippen LogP contribution in [0.4, 0.5) is 5.69 Å². The van der Waals surface area contributed by atoms with E-state index in [0.717, 1.165) is 28.9 Å². The number of oxime groups is 1. The Labute approximate surface area is 132 Å². The van der Waals surface area contributed by atoms with Crippen LogP contribution in [-0.4, -0.2) is 22.6 Å². The molecule has 6 heteroatoms. The molecule has 5 nitrogen and oxygen atoms in total. The Hall–Kier alpha value is -2.08. The second kappa shape index (κ2) is 7.08. The molecule has 1 aromatic carbocycles. The SMILES string of the molecule is CCN(Cc1ccccn1)c1ccc(/C(N)=N/O)c(Br)c1. The Bertz CT molecular complexity index is 631. The lowest BCUT2D eigenvalue weighted by atomic mass is 10.1. The van der Waals surface area contributed by atoms with Gasteiger partial charge in [0.2, 0.25) is 0 Å². The van der Waals surface area contributed by atoms with Crippen molar-refractivity contribution in [2.24, 2.45) is 10.9 Å². The van der Waals surface area contributed by atoms with Gasteiger partial charge in [0.1, 0.15) is 0 Å². The van der Waals surface area contributed by atoms with Gasteiger partial charge in [0.05, 0.1) is 12.2 Å². The normalized spacial score (nSPS) is 11.4. The molecule has 0 saturated carbocycles. The number of halogens is 1. The number of nitrogens with zero attached hydrogens (tertiary/aromatic N) is 3. The molecule has 0 fully saturated rings. The van der Waals surface area contributed by atoms with E-state index in [2.05, 4.69) is 37.9 Å². The lowest BCUT2D eigenvalue weighted by molar-refractivity contribution is 0.318. The first-order valence-corrected chi connectivity index (χ1v) is 7.37. The van der Waals surface area contributed by atoms with Gasteiger partial charge in [-0.1, -0.05) is 11.2 Å². The van der Waals surface area contributed by atoms with Crippen LogP contribution in [0.15, 0.2) is 52.2 Å². The molecule has 3 N–H and O–H groups in total. The van der Waals surface area contributed by atoms with Crippen molar-refractivity contribution in [1.29, 1.82) is 0 Å². The van der Waals surface area contributed by atoms with Crippen molar-refractivity contribution in [3.05, 3.63) is 58.3 Å². The molecule has 2 rings (SSSR count). The number of amidine groups is 1. The Balaban J connectivity index is 2.25. The summed E-state index contributed by atoms with van der Waals surface area (Å²) in [5.74, 6) is 0.0844. The lowest BCUT2D eigenvalue weighted by Crippen LogP contribution is -2.23. The maximum Gasteiger partial charge on any atom is 0.171 e. The van der Waals surface area contributed by atoms with E-state index in [4.69, 9.17) is 10.9 Å². The molecule has 1 heterocycles. The highest BCUT2D eigenvalue weighted by molar-refractivity contribution is 9.10. The van der Waals surface area contributed by atoms with Crippen LogP contribution < -0.4 is 10.6 Å².